The molecule has 0 unspecified atom stereocenters. The zero-order chi connectivity index (χ0) is 15.9. The van der Waals surface area contributed by atoms with E-state index in [2.05, 4.69) is 16.6 Å². The fraction of sp³-hybridized carbons (Fsp3) is 0.0625. The van der Waals surface area contributed by atoms with Crippen LogP contribution in [0.3, 0.4) is 0 Å². The number of amides is 1. The first-order chi connectivity index (χ1) is 10.6. The number of nitro groups is 1. The van der Waals surface area contributed by atoms with E-state index in [1.807, 2.05) is 0 Å². The van der Waals surface area contributed by atoms with Gasteiger partial charge < -0.3 is 10.6 Å². The molecule has 0 aliphatic heterocycles. The van der Waals surface area contributed by atoms with Gasteiger partial charge in [0.25, 0.3) is 5.69 Å². The van der Waals surface area contributed by atoms with Gasteiger partial charge in [0, 0.05) is 17.3 Å². The van der Waals surface area contributed by atoms with Crippen molar-refractivity contribution >= 4 is 23.0 Å². The van der Waals surface area contributed by atoms with Gasteiger partial charge in [-0.25, -0.2) is 0 Å². The zero-order valence-electron chi connectivity index (χ0n) is 11.6. The van der Waals surface area contributed by atoms with E-state index in [1.165, 1.54) is 6.07 Å². The van der Waals surface area contributed by atoms with Gasteiger partial charge in [-0.15, -0.1) is 6.42 Å². The number of anilines is 2. The van der Waals surface area contributed by atoms with Crippen molar-refractivity contribution < 1.29 is 9.72 Å². The highest BCUT2D eigenvalue weighted by Crippen LogP contribution is 2.22. The molecule has 6 nitrogen and oxygen atoms in total. The minimum absolute atomic E-state index is 0.0790. The first-order valence-corrected chi connectivity index (χ1v) is 6.44. The van der Waals surface area contributed by atoms with Gasteiger partial charge in [-0.3, -0.25) is 14.9 Å². The lowest BCUT2D eigenvalue weighted by molar-refractivity contribution is -0.383. The van der Waals surface area contributed by atoms with Gasteiger partial charge in [0.2, 0.25) is 5.91 Å². The lowest BCUT2D eigenvalue weighted by Gasteiger charge is -2.08. The highest BCUT2D eigenvalue weighted by molar-refractivity contribution is 5.94. The Balaban J connectivity index is 1.99. The second-order valence-electron chi connectivity index (χ2n) is 4.40. The Kier molecular flexibility index (Phi) is 4.73. The number of para-hydroxylation sites is 2. The van der Waals surface area contributed by atoms with E-state index in [0.29, 0.717) is 16.9 Å². The standard InChI is InChI=1S/C16H13N3O3/c1-2-12-6-5-7-13(10-12)18-16(20)11-17-14-8-3-4-9-15(14)19(21)22/h1,3-10,17H,11H2,(H,18,20). The number of nitrogens with zero attached hydrogens (tertiary/aromatic N) is 1. The van der Waals surface area contributed by atoms with Gasteiger partial charge in [0.1, 0.15) is 5.69 Å². The second kappa shape index (κ2) is 6.90. The van der Waals surface area contributed by atoms with E-state index in [9.17, 15) is 14.9 Å². The van der Waals surface area contributed by atoms with Crippen LogP contribution >= 0.6 is 0 Å². The van der Waals surface area contributed by atoms with E-state index in [1.54, 1.807) is 42.5 Å². The summed E-state index contributed by atoms with van der Waals surface area (Å²) in [5.74, 6) is 2.15. The summed E-state index contributed by atoms with van der Waals surface area (Å²) in [6.07, 6.45) is 5.29. The average molecular weight is 295 g/mol. The molecule has 1 amide bonds. The number of hydrogen-bond donors (Lipinski definition) is 2. The third-order valence-electron chi connectivity index (χ3n) is 2.85. The summed E-state index contributed by atoms with van der Waals surface area (Å²) < 4.78 is 0. The number of carbonyl (C=O) groups excluding carboxylic acids is 1. The smallest absolute Gasteiger partial charge is 0.292 e. The van der Waals surface area contributed by atoms with Crippen LogP contribution in [-0.4, -0.2) is 17.4 Å². The summed E-state index contributed by atoms with van der Waals surface area (Å²) >= 11 is 0. The molecular formula is C16H13N3O3. The molecule has 0 atom stereocenters. The van der Waals surface area contributed by atoms with E-state index in [-0.39, 0.29) is 18.1 Å². The predicted molar refractivity (Wildman–Crippen MR) is 84.6 cm³/mol. The normalized spacial score (nSPS) is 9.59. The molecule has 0 spiro atoms. The Bertz CT molecular complexity index is 750. The SMILES string of the molecule is C#Cc1cccc(NC(=O)CNc2ccccc2[N+](=O)[O-])c1. The van der Waals surface area contributed by atoms with Gasteiger partial charge in [0.05, 0.1) is 11.5 Å². The van der Waals surface area contributed by atoms with Crippen LogP contribution in [0.25, 0.3) is 0 Å². The van der Waals surface area contributed by atoms with Crippen molar-refractivity contribution in [3.05, 3.63) is 64.2 Å². The van der Waals surface area contributed by atoms with E-state index in [0.717, 1.165) is 0 Å². The lowest BCUT2D eigenvalue weighted by Crippen LogP contribution is -2.22. The molecular weight excluding hydrogens is 282 g/mol. The number of terminal acetylenes is 1. The van der Waals surface area contributed by atoms with Crippen LogP contribution in [0.2, 0.25) is 0 Å². The number of rotatable bonds is 5. The van der Waals surface area contributed by atoms with Gasteiger partial charge in [-0.05, 0) is 24.3 Å². The maximum absolute atomic E-state index is 11.9. The average Bonchev–Trinajstić information content (AvgIpc) is 2.53. The molecule has 110 valence electrons. The van der Waals surface area contributed by atoms with Crippen molar-refractivity contribution in [3.63, 3.8) is 0 Å². The fourth-order valence-corrected chi connectivity index (χ4v) is 1.85. The number of hydrogen-bond acceptors (Lipinski definition) is 4. The molecule has 0 aromatic heterocycles. The van der Waals surface area contributed by atoms with Crippen molar-refractivity contribution in [1.29, 1.82) is 0 Å². The molecule has 2 aromatic carbocycles. The van der Waals surface area contributed by atoms with Crippen LogP contribution < -0.4 is 10.6 Å². The molecule has 22 heavy (non-hydrogen) atoms. The predicted octanol–water partition coefficient (Wildman–Crippen LogP) is 2.63. The summed E-state index contributed by atoms with van der Waals surface area (Å²) in [7, 11) is 0. The largest absolute Gasteiger partial charge is 0.371 e. The fourth-order valence-electron chi connectivity index (χ4n) is 1.85. The van der Waals surface area contributed by atoms with Crippen molar-refractivity contribution in [2.75, 3.05) is 17.2 Å². The quantitative estimate of drug-likeness (QED) is 0.504. The van der Waals surface area contributed by atoms with Gasteiger partial charge in [0.15, 0.2) is 0 Å². The summed E-state index contributed by atoms with van der Waals surface area (Å²) in [4.78, 5) is 22.2. The highest BCUT2D eigenvalue weighted by atomic mass is 16.6. The molecule has 0 aliphatic carbocycles. The minimum Gasteiger partial charge on any atom is -0.371 e. The van der Waals surface area contributed by atoms with Crippen LogP contribution in [0.15, 0.2) is 48.5 Å². The molecule has 0 saturated carbocycles. The Morgan fingerprint density at radius 3 is 2.73 bits per heavy atom. The molecule has 0 aliphatic rings. The molecule has 0 saturated heterocycles. The van der Waals surface area contributed by atoms with Crippen LogP contribution in [-0.2, 0) is 4.79 Å². The van der Waals surface area contributed by atoms with Gasteiger partial charge >= 0.3 is 0 Å². The second-order valence-corrected chi connectivity index (χ2v) is 4.40. The minimum atomic E-state index is -0.503. The molecule has 6 heteroatoms. The summed E-state index contributed by atoms with van der Waals surface area (Å²) in [5.41, 5.74) is 1.44. The van der Waals surface area contributed by atoms with Crippen molar-refractivity contribution in [1.82, 2.24) is 0 Å². The third-order valence-corrected chi connectivity index (χ3v) is 2.85. The first kappa shape index (κ1) is 15.1. The monoisotopic (exact) mass is 295 g/mol. The summed E-state index contributed by atoms with van der Waals surface area (Å²) in [6, 6.07) is 13.0. The zero-order valence-corrected chi connectivity index (χ0v) is 11.6. The number of nitro benzene ring substituents is 1. The first-order valence-electron chi connectivity index (χ1n) is 6.44. The Morgan fingerprint density at radius 1 is 1.23 bits per heavy atom. The number of benzene rings is 2. The van der Waals surface area contributed by atoms with Crippen molar-refractivity contribution in [3.8, 4) is 12.3 Å². The molecule has 2 aromatic rings. The van der Waals surface area contributed by atoms with Crippen LogP contribution in [0.4, 0.5) is 17.1 Å². The third kappa shape index (κ3) is 3.84. The topological polar surface area (TPSA) is 84.3 Å². The molecule has 2 rings (SSSR count). The van der Waals surface area contributed by atoms with Crippen LogP contribution in [0.1, 0.15) is 5.56 Å². The van der Waals surface area contributed by atoms with Gasteiger partial charge in [-0.2, -0.15) is 0 Å². The van der Waals surface area contributed by atoms with Crippen LogP contribution in [0, 0.1) is 22.5 Å². The van der Waals surface area contributed by atoms with Crippen molar-refractivity contribution in [2.45, 2.75) is 0 Å². The highest BCUT2D eigenvalue weighted by Gasteiger charge is 2.12. The maximum atomic E-state index is 11.9. The van der Waals surface area contributed by atoms with E-state index < -0.39 is 4.92 Å². The number of carbonyl (C=O) groups is 1. The summed E-state index contributed by atoms with van der Waals surface area (Å²) in [5, 5.41) is 16.3. The van der Waals surface area contributed by atoms with E-state index >= 15 is 0 Å². The maximum Gasteiger partial charge on any atom is 0.292 e. The molecule has 0 radical (unpaired) electrons. The molecule has 2 N–H and O–H groups in total. The Hall–Kier alpha value is -3.33. The van der Waals surface area contributed by atoms with E-state index in [4.69, 9.17) is 6.42 Å². The molecule has 0 bridgehead atoms. The molecule has 0 fully saturated rings. The molecule has 0 heterocycles. The Morgan fingerprint density at radius 2 is 2.00 bits per heavy atom. The summed E-state index contributed by atoms with van der Waals surface area (Å²) in [6.45, 7) is -0.0921. The van der Waals surface area contributed by atoms with Crippen LogP contribution in [0.5, 0.6) is 0 Å². The Labute approximate surface area is 127 Å². The number of nitrogens with one attached hydrogen (secondary N) is 2. The van der Waals surface area contributed by atoms with Gasteiger partial charge in [-0.1, -0.05) is 24.1 Å². The van der Waals surface area contributed by atoms with Crippen molar-refractivity contribution in [2.24, 2.45) is 0 Å². The lowest BCUT2D eigenvalue weighted by atomic mass is 10.2.